The Morgan fingerprint density at radius 2 is 2.25 bits per heavy atom. The molecule has 2 heterocycles. The maximum absolute atomic E-state index is 8.85. The lowest BCUT2D eigenvalue weighted by Gasteiger charge is -1.98. The van der Waals surface area contributed by atoms with Crippen LogP contribution in [0.25, 0.3) is 5.52 Å². The molecule has 0 unspecified atom stereocenters. The first-order chi connectivity index (χ1) is 5.77. The van der Waals surface area contributed by atoms with E-state index in [1.807, 2.05) is 0 Å². The Bertz CT molecular complexity index is 399. The van der Waals surface area contributed by atoms with Crippen molar-refractivity contribution in [1.82, 2.24) is 9.38 Å². The summed E-state index contributed by atoms with van der Waals surface area (Å²) in [6.45, 7) is 0. The van der Waals surface area contributed by atoms with Crippen LogP contribution < -0.4 is 5.46 Å². The smallest absolute Gasteiger partial charge is 0.423 e. The lowest BCUT2D eigenvalue weighted by molar-refractivity contribution is 0.426. The van der Waals surface area contributed by atoms with Crippen LogP contribution >= 0.6 is 0 Å². The molecule has 0 amide bonds. The molecule has 0 spiro atoms. The van der Waals surface area contributed by atoms with E-state index in [1.54, 1.807) is 35.3 Å². The number of fused-ring (bicyclic) bond motifs is 1. The minimum Gasteiger partial charge on any atom is -0.423 e. The van der Waals surface area contributed by atoms with E-state index in [1.165, 1.54) is 0 Å². The second kappa shape index (κ2) is 2.62. The lowest BCUT2D eigenvalue weighted by atomic mass is 9.81. The summed E-state index contributed by atoms with van der Waals surface area (Å²) in [5.41, 5.74) is 1.32. The third-order valence-corrected chi connectivity index (χ3v) is 1.74. The second-order valence-corrected chi connectivity index (χ2v) is 2.56. The Labute approximate surface area is 69.3 Å². The number of hydrogen-bond acceptors (Lipinski definition) is 3. The van der Waals surface area contributed by atoms with Gasteiger partial charge in [-0.1, -0.05) is 0 Å². The van der Waals surface area contributed by atoms with Crippen molar-refractivity contribution in [1.29, 1.82) is 0 Å². The van der Waals surface area contributed by atoms with Gasteiger partial charge < -0.3 is 14.4 Å². The normalized spacial score (nSPS) is 10.5. The number of rotatable bonds is 1. The molecule has 0 atom stereocenters. The Kier molecular flexibility index (Phi) is 1.60. The van der Waals surface area contributed by atoms with Crippen molar-refractivity contribution in [2.24, 2.45) is 0 Å². The summed E-state index contributed by atoms with van der Waals surface area (Å²) in [4.78, 5) is 3.90. The topological polar surface area (TPSA) is 57.8 Å². The summed E-state index contributed by atoms with van der Waals surface area (Å²) >= 11 is 0. The fourth-order valence-electron chi connectivity index (χ4n) is 1.10. The highest BCUT2D eigenvalue weighted by atomic mass is 16.4. The van der Waals surface area contributed by atoms with Crippen molar-refractivity contribution in [3.8, 4) is 0 Å². The van der Waals surface area contributed by atoms with Crippen LogP contribution in [0.3, 0.4) is 0 Å². The van der Waals surface area contributed by atoms with E-state index in [0.29, 0.717) is 5.46 Å². The number of imidazole rings is 1. The average Bonchev–Trinajstić information content (AvgIpc) is 2.49. The highest BCUT2D eigenvalue weighted by Crippen LogP contribution is 1.98. The third kappa shape index (κ3) is 1.09. The zero-order valence-electron chi connectivity index (χ0n) is 6.25. The van der Waals surface area contributed by atoms with Crippen LogP contribution in [0.5, 0.6) is 0 Å². The predicted molar refractivity (Wildman–Crippen MR) is 45.0 cm³/mol. The SMILES string of the molecule is OB(O)c1ccn2cncc2c1. The quantitative estimate of drug-likeness (QED) is 0.529. The Hall–Kier alpha value is -1.33. The van der Waals surface area contributed by atoms with Gasteiger partial charge in [0.25, 0.3) is 0 Å². The van der Waals surface area contributed by atoms with Crippen molar-refractivity contribution < 1.29 is 10.0 Å². The van der Waals surface area contributed by atoms with Crippen molar-refractivity contribution in [3.05, 3.63) is 30.9 Å². The molecule has 2 N–H and O–H groups in total. The first-order valence-corrected chi connectivity index (χ1v) is 3.55. The molecular weight excluding hydrogens is 155 g/mol. The maximum Gasteiger partial charge on any atom is 0.488 e. The van der Waals surface area contributed by atoms with Gasteiger partial charge in [0, 0.05) is 6.20 Å². The zero-order chi connectivity index (χ0) is 8.55. The molecule has 0 saturated carbocycles. The summed E-state index contributed by atoms with van der Waals surface area (Å²) in [5, 5.41) is 17.7. The molecule has 0 saturated heterocycles. The molecule has 0 radical (unpaired) electrons. The van der Waals surface area contributed by atoms with Crippen LogP contribution in [0.2, 0.25) is 0 Å². The lowest BCUT2D eigenvalue weighted by Crippen LogP contribution is -2.29. The first kappa shape index (κ1) is 7.33. The van der Waals surface area contributed by atoms with Crippen LogP contribution in [0.15, 0.2) is 30.9 Å². The zero-order valence-corrected chi connectivity index (χ0v) is 6.25. The average molecular weight is 162 g/mol. The Morgan fingerprint density at radius 3 is 3.00 bits per heavy atom. The van der Waals surface area contributed by atoms with Crippen LogP contribution in [0.4, 0.5) is 0 Å². The summed E-state index contributed by atoms with van der Waals surface area (Å²) < 4.78 is 1.80. The van der Waals surface area contributed by atoms with Gasteiger partial charge in [-0.3, -0.25) is 0 Å². The molecule has 2 aromatic rings. The standard InChI is InChI=1S/C7H7BN2O2/c11-8(12)6-1-2-10-5-9-4-7(10)3-6/h1-5,11-12H. The van der Waals surface area contributed by atoms with Gasteiger partial charge in [0.15, 0.2) is 0 Å². The summed E-state index contributed by atoms with van der Waals surface area (Å²) in [6, 6.07) is 3.32. The Morgan fingerprint density at radius 1 is 1.42 bits per heavy atom. The largest absolute Gasteiger partial charge is 0.488 e. The molecule has 0 bridgehead atoms. The summed E-state index contributed by atoms with van der Waals surface area (Å²) in [5.74, 6) is 0. The molecule has 2 aromatic heterocycles. The van der Waals surface area contributed by atoms with Crippen molar-refractivity contribution in [3.63, 3.8) is 0 Å². The highest BCUT2D eigenvalue weighted by molar-refractivity contribution is 6.58. The van der Waals surface area contributed by atoms with Gasteiger partial charge in [0.05, 0.1) is 18.0 Å². The molecule has 60 valence electrons. The minimum atomic E-state index is -1.41. The molecule has 0 aliphatic carbocycles. The second-order valence-electron chi connectivity index (χ2n) is 2.56. The molecular formula is C7H7BN2O2. The van der Waals surface area contributed by atoms with E-state index in [-0.39, 0.29) is 0 Å². The fourth-order valence-corrected chi connectivity index (χ4v) is 1.10. The number of nitrogens with zero attached hydrogens (tertiary/aromatic N) is 2. The van der Waals surface area contributed by atoms with Crippen LogP contribution in [-0.4, -0.2) is 26.6 Å². The van der Waals surface area contributed by atoms with Gasteiger partial charge in [-0.15, -0.1) is 0 Å². The van der Waals surface area contributed by atoms with Crippen LogP contribution in [-0.2, 0) is 0 Å². The first-order valence-electron chi connectivity index (χ1n) is 3.55. The molecule has 0 aromatic carbocycles. The van der Waals surface area contributed by atoms with Crippen molar-refractivity contribution in [2.75, 3.05) is 0 Å². The van der Waals surface area contributed by atoms with E-state index in [9.17, 15) is 0 Å². The van der Waals surface area contributed by atoms with Gasteiger partial charge in [0.2, 0.25) is 0 Å². The molecule has 0 aliphatic rings. The molecule has 5 heteroatoms. The van der Waals surface area contributed by atoms with E-state index in [4.69, 9.17) is 10.0 Å². The monoisotopic (exact) mass is 162 g/mol. The molecule has 12 heavy (non-hydrogen) atoms. The van der Waals surface area contributed by atoms with Gasteiger partial charge in [-0.25, -0.2) is 4.98 Å². The van der Waals surface area contributed by atoms with E-state index in [0.717, 1.165) is 5.52 Å². The fraction of sp³-hybridized carbons (Fsp3) is 0. The minimum absolute atomic E-state index is 0.475. The van der Waals surface area contributed by atoms with Gasteiger partial charge >= 0.3 is 7.12 Å². The molecule has 2 rings (SSSR count). The predicted octanol–water partition coefficient (Wildman–Crippen LogP) is -0.986. The van der Waals surface area contributed by atoms with Crippen molar-refractivity contribution in [2.45, 2.75) is 0 Å². The van der Waals surface area contributed by atoms with E-state index >= 15 is 0 Å². The molecule has 0 fully saturated rings. The van der Waals surface area contributed by atoms with Crippen LogP contribution in [0, 0.1) is 0 Å². The summed E-state index contributed by atoms with van der Waals surface area (Å²) in [6.07, 6.45) is 5.05. The number of aromatic nitrogens is 2. The molecule has 4 nitrogen and oxygen atoms in total. The third-order valence-electron chi connectivity index (χ3n) is 1.74. The van der Waals surface area contributed by atoms with E-state index in [2.05, 4.69) is 4.98 Å². The maximum atomic E-state index is 8.85. The Balaban J connectivity index is 2.60. The molecule has 0 aliphatic heterocycles. The number of hydrogen-bond donors (Lipinski definition) is 2. The summed E-state index contributed by atoms with van der Waals surface area (Å²) in [7, 11) is -1.41. The number of pyridine rings is 1. The van der Waals surface area contributed by atoms with Gasteiger partial charge in [0.1, 0.15) is 0 Å². The van der Waals surface area contributed by atoms with Crippen LogP contribution in [0.1, 0.15) is 0 Å². The van der Waals surface area contributed by atoms with Gasteiger partial charge in [-0.05, 0) is 17.6 Å². The highest BCUT2D eigenvalue weighted by Gasteiger charge is 2.10. The van der Waals surface area contributed by atoms with Gasteiger partial charge in [-0.2, -0.15) is 0 Å². The van der Waals surface area contributed by atoms with E-state index < -0.39 is 7.12 Å². The van der Waals surface area contributed by atoms with Crippen molar-refractivity contribution >= 4 is 18.1 Å².